The summed E-state index contributed by atoms with van der Waals surface area (Å²) in [5, 5.41) is 3.35. The number of aromatic nitrogens is 6. The van der Waals surface area contributed by atoms with Crippen LogP contribution in [-0.2, 0) is 6.54 Å². The first kappa shape index (κ1) is 21.9. The van der Waals surface area contributed by atoms with Crippen molar-refractivity contribution >= 4 is 34.7 Å². The number of anilines is 4. The number of para-hydroxylation sites is 2. The van der Waals surface area contributed by atoms with Crippen molar-refractivity contribution < 1.29 is 0 Å². The molecule has 0 spiro atoms. The minimum atomic E-state index is 0.503. The molecule has 10 nitrogen and oxygen atoms in total. The van der Waals surface area contributed by atoms with Crippen LogP contribution in [0.1, 0.15) is 19.7 Å². The lowest BCUT2D eigenvalue weighted by molar-refractivity contribution is 0.632. The van der Waals surface area contributed by atoms with Crippen molar-refractivity contribution in [2.45, 2.75) is 20.4 Å². The fraction of sp³-hybridized carbons (Fsp3) is 0.375. The smallest absolute Gasteiger partial charge is 0.232 e. The summed E-state index contributed by atoms with van der Waals surface area (Å²) < 4.78 is 0. The number of pyridine rings is 1. The molecule has 0 aliphatic carbocycles. The highest BCUT2D eigenvalue weighted by molar-refractivity contribution is 5.74. The van der Waals surface area contributed by atoms with Gasteiger partial charge in [-0.15, -0.1) is 0 Å². The van der Waals surface area contributed by atoms with E-state index in [2.05, 4.69) is 54.9 Å². The Morgan fingerprint density at radius 3 is 2.38 bits per heavy atom. The molecule has 3 aromatic heterocycles. The Balaban J connectivity index is 1.34. The summed E-state index contributed by atoms with van der Waals surface area (Å²) >= 11 is 0. The number of rotatable bonds is 8. The minimum absolute atomic E-state index is 0.503. The number of imidazole rings is 1. The van der Waals surface area contributed by atoms with E-state index in [1.807, 2.05) is 42.6 Å². The Morgan fingerprint density at radius 1 is 0.882 bits per heavy atom. The Bertz CT molecular complexity index is 1180. The third-order valence-electron chi connectivity index (χ3n) is 6.05. The normalized spacial score (nSPS) is 13.9. The van der Waals surface area contributed by atoms with Crippen LogP contribution in [0.25, 0.3) is 11.0 Å². The first-order valence-corrected chi connectivity index (χ1v) is 11.8. The first-order chi connectivity index (χ1) is 16.7. The molecule has 0 atom stereocenters. The molecule has 4 heterocycles. The fourth-order valence-electron chi connectivity index (χ4n) is 4.15. The fourth-order valence-corrected chi connectivity index (χ4v) is 4.15. The average molecular weight is 459 g/mol. The van der Waals surface area contributed by atoms with Crippen LogP contribution in [-0.4, -0.2) is 69.2 Å². The number of hydrogen-bond donors (Lipinski definition) is 2. The second-order valence-corrected chi connectivity index (χ2v) is 8.15. The Kier molecular flexibility index (Phi) is 6.37. The van der Waals surface area contributed by atoms with E-state index < -0.39 is 0 Å². The highest BCUT2D eigenvalue weighted by atomic mass is 15.4. The van der Waals surface area contributed by atoms with Crippen molar-refractivity contribution in [3.05, 3.63) is 54.5 Å². The maximum absolute atomic E-state index is 4.82. The number of nitrogens with one attached hydrogen (secondary N) is 2. The predicted octanol–water partition coefficient (Wildman–Crippen LogP) is 2.93. The highest BCUT2D eigenvalue weighted by Gasteiger charge is 2.22. The van der Waals surface area contributed by atoms with E-state index in [9.17, 15) is 0 Å². The largest absolute Gasteiger partial charge is 0.353 e. The molecule has 0 radical (unpaired) electrons. The van der Waals surface area contributed by atoms with Crippen molar-refractivity contribution in [3.63, 3.8) is 0 Å². The lowest BCUT2D eigenvalue weighted by atomic mass is 10.3. The average Bonchev–Trinajstić information content (AvgIpc) is 3.32. The second kappa shape index (κ2) is 9.90. The van der Waals surface area contributed by atoms with Crippen molar-refractivity contribution in [1.82, 2.24) is 29.9 Å². The van der Waals surface area contributed by atoms with E-state index in [4.69, 9.17) is 15.0 Å². The monoisotopic (exact) mass is 458 g/mol. The second-order valence-electron chi connectivity index (χ2n) is 8.15. The van der Waals surface area contributed by atoms with Crippen molar-refractivity contribution in [2.24, 2.45) is 0 Å². The van der Waals surface area contributed by atoms with E-state index in [0.717, 1.165) is 61.9 Å². The van der Waals surface area contributed by atoms with Gasteiger partial charge in [-0.2, -0.15) is 15.0 Å². The minimum Gasteiger partial charge on any atom is -0.353 e. The van der Waals surface area contributed by atoms with Gasteiger partial charge in [0.15, 0.2) is 0 Å². The van der Waals surface area contributed by atoms with Gasteiger partial charge in [0, 0.05) is 45.5 Å². The van der Waals surface area contributed by atoms with Crippen molar-refractivity contribution in [1.29, 1.82) is 0 Å². The van der Waals surface area contributed by atoms with Gasteiger partial charge < -0.3 is 25.0 Å². The van der Waals surface area contributed by atoms with Crippen LogP contribution in [0, 0.1) is 0 Å². The van der Waals surface area contributed by atoms with E-state index in [-0.39, 0.29) is 0 Å². The summed E-state index contributed by atoms with van der Waals surface area (Å²) in [6, 6.07) is 14.0. The molecule has 0 bridgehead atoms. The molecule has 1 aromatic carbocycles. The summed E-state index contributed by atoms with van der Waals surface area (Å²) in [6.07, 6.45) is 1.84. The molecule has 4 aromatic rings. The summed E-state index contributed by atoms with van der Waals surface area (Å²) in [7, 11) is 0. The molecule has 0 amide bonds. The molecule has 5 rings (SSSR count). The lowest BCUT2D eigenvalue weighted by Crippen LogP contribution is -2.47. The SMILES string of the molecule is CCN(CC)c1nc(NCc2nc3ccccc3[nH]2)nc(N2CCN(c3ccccn3)CC2)n1. The molecule has 176 valence electrons. The zero-order chi connectivity index (χ0) is 23.3. The maximum atomic E-state index is 4.82. The van der Waals surface area contributed by atoms with E-state index in [1.165, 1.54) is 0 Å². The molecular weight excluding hydrogens is 428 g/mol. The molecule has 0 saturated carbocycles. The molecule has 10 heteroatoms. The summed E-state index contributed by atoms with van der Waals surface area (Å²) in [5.41, 5.74) is 1.97. The third kappa shape index (κ3) is 4.70. The molecule has 1 fully saturated rings. The van der Waals surface area contributed by atoms with Crippen LogP contribution in [0.3, 0.4) is 0 Å². The highest BCUT2D eigenvalue weighted by Crippen LogP contribution is 2.20. The molecule has 34 heavy (non-hydrogen) atoms. The molecule has 1 aliphatic heterocycles. The van der Waals surface area contributed by atoms with Crippen LogP contribution in [0.5, 0.6) is 0 Å². The number of hydrogen-bond acceptors (Lipinski definition) is 9. The Labute approximate surface area is 199 Å². The summed E-state index contributed by atoms with van der Waals surface area (Å²) in [4.78, 5) is 33.4. The van der Waals surface area contributed by atoms with E-state index in [0.29, 0.717) is 24.4 Å². The molecular formula is C24H30N10. The molecule has 2 N–H and O–H groups in total. The van der Waals surface area contributed by atoms with Crippen molar-refractivity contribution in [2.75, 3.05) is 59.3 Å². The topological polar surface area (TPSA) is 102 Å². The van der Waals surface area contributed by atoms with Gasteiger partial charge in [0.25, 0.3) is 0 Å². The Morgan fingerprint density at radius 2 is 1.65 bits per heavy atom. The number of nitrogens with zero attached hydrogens (tertiary/aromatic N) is 8. The van der Waals surface area contributed by atoms with Crippen LogP contribution in [0.4, 0.5) is 23.7 Å². The van der Waals surface area contributed by atoms with Gasteiger partial charge in [-0.25, -0.2) is 9.97 Å². The van der Waals surface area contributed by atoms with Gasteiger partial charge in [0.1, 0.15) is 11.6 Å². The standard InChI is InChI=1S/C24H30N10/c1-3-32(4-2)23-29-22(26-17-20-27-18-9-5-6-10-19(18)28-20)30-24(31-23)34-15-13-33(14-16-34)21-11-7-8-12-25-21/h5-12H,3-4,13-17H2,1-2H3,(H,27,28)(H,26,29,30,31). The van der Waals surface area contributed by atoms with Gasteiger partial charge in [0.2, 0.25) is 17.8 Å². The van der Waals surface area contributed by atoms with Crippen LogP contribution in [0.2, 0.25) is 0 Å². The maximum Gasteiger partial charge on any atom is 0.232 e. The van der Waals surface area contributed by atoms with Gasteiger partial charge in [-0.1, -0.05) is 18.2 Å². The first-order valence-electron chi connectivity index (χ1n) is 11.8. The number of fused-ring (bicyclic) bond motifs is 1. The van der Waals surface area contributed by atoms with Crippen LogP contribution >= 0.6 is 0 Å². The molecule has 1 aliphatic rings. The predicted molar refractivity (Wildman–Crippen MR) is 135 cm³/mol. The number of aromatic amines is 1. The zero-order valence-electron chi connectivity index (χ0n) is 19.6. The lowest BCUT2D eigenvalue weighted by Gasteiger charge is -2.35. The number of benzene rings is 1. The summed E-state index contributed by atoms with van der Waals surface area (Å²) in [6.45, 7) is 9.76. The van der Waals surface area contributed by atoms with Gasteiger partial charge >= 0.3 is 0 Å². The number of piperazine rings is 1. The van der Waals surface area contributed by atoms with Gasteiger partial charge in [-0.05, 0) is 38.1 Å². The molecule has 0 unspecified atom stereocenters. The van der Waals surface area contributed by atoms with E-state index >= 15 is 0 Å². The summed E-state index contributed by atoms with van der Waals surface area (Å²) in [5.74, 6) is 3.80. The van der Waals surface area contributed by atoms with Crippen LogP contribution in [0.15, 0.2) is 48.7 Å². The van der Waals surface area contributed by atoms with E-state index in [1.54, 1.807) is 0 Å². The zero-order valence-corrected chi connectivity index (χ0v) is 19.6. The van der Waals surface area contributed by atoms with Gasteiger partial charge in [0.05, 0.1) is 17.6 Å². The van der Waals surface area contributed by atoms with Gasteiger partial charge in [-0.3, -0.25) is 0 Å². The quantitative estimate of drug-likeness (QED) is 0.413. The van der Waals surface area contributed by atoms with Crippen molar-refractivity contribution in [3.8, 4) is 0 Å². The molecule has 1 saturated heterocycles. The Hall–Kier alpha value is -3.95. The third-order valence-corrected chi connectivity index (χ3v) is 6.05. The van der Waals surface area contributed by atoms with Crippen LogP contribution < -0.4 is 20.0 Å². The number of H-pyrrole nitrogens is 1.